The summed E-state index contributed by atoms with van der Waals surface area (Å²) < 4.78 is 5.20. The largest absolute Gasteiger partial charge is 0.497 e. The first-order valence-electron chi connectivity index (χ1n) is 9.41. The Hall–Kier alpha value is -2.33. The van der Waals surface area contributed by atoms with Crippen LogP contribution in [0.15, 0.2) is 54.6 Å². The molecule has 0 saturated carbocycles. The normalized spacial score (nSPS) is 15.6. The summed E-state index contributed by atoms with van der Waals surface area (Å²) in [7, 11) is 1.69. The van der Waals surface area contributed by atoms with Crippen molar-refractivity contribution in [2.24, 2.45) is 5.92 Å². The number of benzene rings is 2. The first-order chi connectivity index (χ1) is 12.7. The second-order valence-electron chi connectivity index (χ2n) is 6.93. The molecule has 0 spiro atoms. The van der Waals surface area contributed by atoms with Gasteiger partial charge in [0.1, 0.15) is 5.75 Å². The molecule has 1 saturated heterocycles. The molecule has 1 aliphatic heterocycles. The van der Waals surface area contributed by atoms with Crippen molar-refractivity contribution in [1.82, 2.24) is 10.2 Å². The molecule has 138 valence electrons. The van der Waals surface area contributed by atoms with Crippen molar-refractivity contribution in [2.45, 2.75) is 25.8 Å². The van der Waals surface area contributed by atoms with Crippen LogP contribution in [0.4, 0.5) is 0 Å². The molecule has 0 aliphatic carbocycles. The number of carbonyl (C=O) groups excluding carboxylic acids is 1. The molecule has 0 bridgehead atoms. The van der Waals surface area contributed by atoms with Crippen LogP contribution in [0.5, 0.6) is 5.75 Å². The van der Waals surface area contributed by atoms with Gasteiger partial charge in [0.05, 0.1) is 7.11 Å². The third kappa shape index (κ3) is 5.33. The minimum Gasteiger partial charge on any atom is -0.497 e. The summed E-state index contributed by atoms with van der Waals surface area (Å²) in [5.41, 5.74) is 2.55. The number of piperidine rings is 1. The van der Waals surface area contributed by atoms with E-state index in [9.17, 15) is 4.79 Å². The lowest BCUT2D eigenvalue weighted by molar-refractivity contribution is -0.126. The van der Waals surface area contributed by atoms with E-state index in [4.69, 9.17) is 4.74 Å². The van der Waals surface area contributed by atoms with Crippen LogP contribution in [0.3, 0.4) is 0 Å². The number of hydrogen-bond acceptors (Lipinski definition) is 3. The zero-order valence-electron chi connectivity index (χ0n) is 15.5. The van der Waals surface area contributed by atoms with E-state index in [-0.39, 0.29) is 11.8 Å². The third-order valence-electron chi connectivity index (χ3n) is 5.08. The Morgan fingerprint density at radius 3 is 2.38 bits per heavy atom. The van der Waals surface area contributed by atoms with E-state index >= 15 is 0 Å². The Morgan fingerprint density at radius 1 is 1.04 bits per heavy atom. The van der Waals surface area contributed by atoms with Gasteiger partial charge in [0, 0.05) is 19.0 Å². The highest BCUT2D eigenvalue weighted by atomic mass is 16.5. The van der Waals surface area contributed by atoms with Gasteiger partial charge in [-0.3, -0.25) is 9.69 Å². The number of ether oxygens (including phenoxy) is 1. The monoisotopic (exact) mass is 352 g/mol. The van der Waals surface area contributed by atoms with E-state index in [1.54, 1.807) is 7.11 Å². The molecule has 3 rings (SSSR count). The third-order valence-corrected chi connectivity index (χ3v) is 5.08. The average molecular weight is 352 g/mol. The number of nitrogens with one attached hydrogen (secondary N) is 1. The number of rotatable bonds is 7. The minimum atomic E-state index is 0.151. The van der Waals surface area contributed by atoms with Gasteiger partial charge in [-0.15, -0.1) is 0 Å². The minimum absolute atomic E-state index is 0.151. The van der Waals surface area contributed by atoms with Crippen molar-refractivity contribution in [1.29, 1.82) is 0 Å². The second kappa shape index (κ2) is 9.39. The van der Waals surface area contributed by atoms with E-state index in [0.29, 0.717) is 0 Å². The first kappa shape index (κ1) is 18.5. The molecule has 1 aliphatic rings. The predicted molar refractivity (Wildman–Crippen MR) is 104 cm³/mol. The number of amides is 1. The summed E-state index contributed by atoms with van der Waals surface area (Å²) in [4.78, 5) is 14.8. The second-order valence-corrected chi connectivity index (χ2v) is 6.93. The molecule has 26 heavy (non-hydrogen) atoms. The molecule has 0 aromatic heterocycles. The standard InChI is InChI=1S/C22H28N2O2/c1-26-21-9-7-19(8-10-21)17-24-15-12-20(13-16-24)22(25)23-14-11-18-5-3-2-4-6-18/h2-10,20H,11-17H2,1H3,(H,23,25). The van der Waals surface area contributed by atoms with Gasteiger partial charge in [0.25, 0.3) is 0 Å². The summed E-state index contributed by atoms with van der Waals surface area (Å²) in [5, 5.41) is 3.11. The molecular weight excluding hydrogens is 324 g/mol. The molecule has 0 unspecified atom stereocenters. The van der Waals surface area contributed by atoms with Crippen molar-refractivity contribution in [2.75, 3.05) is 26.7 Å². The van der Waals surface area contributed by atoms with Gasteiger partial charge in [-0.05, 0) is 55.6 Å². The number of carbonyl (C=O) groups is 1. The van der Waals surface area contributed by atoms with E-state index in [0.717, 1.165) is 51.2 Å². The topological polar surface area (TPSA) is 41.6 Å². The van der Waals surface area contributed by atoms with Crippen LogP contribution < -0.4 is 10.1 Å². The quantitative estimate of drug-likeness (QED) is 0.832. The van der Waals surface area contributed by atoms with Crippen LogP contribution in [0.2, 0.25) is 0 Å². The molecule has 1 N–H and O–H groups in total. The van der Waals surface area contributed by atoms with Crippen molar-refractivity contribution in [3.05, 3.63) is 65.7 Å². The summed E-state index contributed by atoms with van der Waals surface area (Å²) in [6.45, 7) is 3.60. The SMILES string of the molecule is COc1ccc(CN2CCC(C(=O)NCCc3ccccc3)CC2)cc1. The highest BCUT2D eigenvalue weighted by Crippen LogP contribution is 2.20. The van der Waals surface area contributed by atoms with Crippen molar-refractivity contribution >= 4 is 5.91 Å². The molecule has 0 atom stereocenters. The Balaban J connectivity index is 1.37. The fraction of sp³-hybridized carbons (Fsp3) is 0.409. The summed E-state index contributed by atoms with van der Waals surface area (Å²) in [6, 6.07) is 18.5. The van der Waals surface area contributed by atoms with Gasteiger partial charge in [0.2, 0.25) is 5.91 Å². The number of likely N-dealkylation sites (tertiary alicyclic amines) is 1. The lowest BCUT2D eigenvalue weighted by Gasteiger charge is -2.31. The molecule has 1 amide bonds. The average Bonchev–Trinajstić information content (AvgIpc) is 2.70. The van der Waals surface area contributed by atoms with Gasteiger partial charge in [-0.1, -0.05) is 42.5 Å². The van der Waals surface area contributed by atoms with Gasteiger partial charge < -0.3 is 10.1 Å². The zero-order chi connectivity index (χ0) is 18.2. The summed E-state index contributed by atoms with van der Waals surface area (Å²) in [6.07, 6.45) is 2.77. The van der Waals surface area contributed by atoms with Gasteiger partial charge in [-0.25, -0.2) is 0 Å². The van der Waals surface area contributed by atoms with E-state index in [1.807, 2.05) is 30.3 Å². The Kier molecular flexibility index (Phi) is 6.67. The predicted octanol–water partition coefficient (Wildman–Crippen LogP) is 3.27. The fourth-order valence-electron chi connectivity index (χ4n) is 3.46. The molecule has 4 heteroatoms. The Morgan fingerprint density at radius 2 is 1.73 bits per heavy atom. The number of nitrogens with zero attached hydrogens (tertiary/aromatic N) is 1. The zero-order valence-corrected chi connectivity index (χ0v) is 15.5. The lowest BCUT2D eigenvalue weighted by atomic mass is 9.95. The maximum atomic E-state index is 12.4. The molecule has 0 radical (unpaired) electrons. The van der Waals surface area contributed by atoms with Crippen molar-refractivity contribution in [3.63, 3.8) is 0 Å². The summed E-state index contributed by atoms with van der Waals surface area (Å²) >= 11 is 0. The smallest absolute Gasteiger partial charge is 0.223 e. The highest BCUT2D eigenvalue weighted by molar-refractivity contribution is 5.78. The van der Waals surface area contributed by atoms with E-state index < -0.39 is 0 Å². The van der Waals surface area contributed by atoms with Crippen LogP contribution in [0, 0.1) is 5.92 Å². The first-order valence-corrected chi connectivity index (χ1v) is 9.41. The van der Waals surface area contributed by atoms with E-state index in [2.05, 4.69) is 34.5 Å². The highest BCUT2D eigenvalue weighted by Gasteiger charge is 2.24. The van der Waals surface area contributed by atoms with Gasteiger partial charge >= 0.3 is 0 Å². The molecule has 1 fully saturated rings. The molecule has 1 heterocycles. The van der Waals surface area contributed by atoms with Crippen molar-refractivity contribution in [3.8, 4) is 5.75 Å². The van der Waals surface area contributed by atoms with Gasteiger partial charge in [0.15, 0.2) is 0 Å². The van der Waals surface area contributed by atoms with Crippen LogP contribution in [-0.2, 0) is 17.8 Å². The van der Waals surface area contributed by atoms with Crippen molar-refractivity contribution < 1.29 is 9.53 Å². The lowest BCUT2D eigenvalue weighted by Crippen LogP contribution is -2.40. The van der Waals surface area contributed by atoms with Gasteiger partial charge in [-0.2, -0.15) is 0 Å². The molecule has 2 aromatic rings. The van der Waals surface area contributed by atoms with E-state index in [1.165, 1.54) is 11.1 Å². The Labute approximate surface area is 156 Å². The van der Waals surface area contributed by atoms with Crippen LogP contribution in [0.1, 0.15) is 24.0 Å². The maximum Gasteiger partial charge on any atom is 0.223 e. The fourth-order valence-corrected chi connectivity index (χ4v) is 3.46. The van der Waals surface area contributed by atoms with Crippen LogP contribution >= 0.6 is 0 Å². The van der Waals surface area contributed by atoms with Crippen LogP contribution in [-0.4, -0.2) is 37.6 Å². The number of hydrogen-bond donors (Lipinski definition) is 1. The molecule has 2 aromatic carbocycles. The molecule has 4 nitrogen and oxygen atoms in total. The maximum absolute atomic E-state index is 12.4. The van der Waals surface area contributed by atoms with Crippen LogP contribution in [0.25, 0.3) is 0 Å². The Bertz CT molecular complexity index is 677. The number of methoxy groups -OCH3 is 1. The summed E-state index contributed by atoms with van der Waals surface area (Å²) in [5.74, 6) is 1.25. The molecular formula is C22H28N2O2.